The second-order valence-electron chi connectivity index (χ2n) is 4.19. The maximum Gasteiger partial charge on any atom is 0.273 e. The molecule has 0 bridgehead atoms. The van der Waals surface area contributed by atoms with Crippen molar-refractivity contribution >= 4 is 16.7 Å². The molecule has 6 nitrogen and oxygen atoms in total. The lowest BCUT2D eigenvalue weighted by atomic mass is 10.1. The van der Waals surface area contributed by atoms with Gasteiger partial charge in [0, 0.05) is 12.6 Å². The predicted octanol–water partition coefficient (Wildman–Crippen LogP) is 2.24. The summed E-state index contributed by atoms with van der Waals surface area (Å²) in [6, 6.07) is 8.67. The Morgan fingerprint density at radius 3 is 2.63 bits per heavy atom. The van der Waals surface area contributed by atoms with E-state index in [0.717, 1.165) is 5.56 Å². The number of nitrogens with zero attached hydrogens (tertiary/aromatic N) is 2. The zero-order chi connectivity index (χ0) is 13.2. The number of nitrogens with one attached hydrogen (secondary N) is 2. The van der Waals surface area contributed by atoms with Crippen molar-refractivity contribution in [2.75, 3.05) is 0 Å². The van der Waals surface area contributed by atoms with Gasteiger partial charge in [0.15, 0.2) is 0 Å². The highest BCUT2D eigenvalue weighted by molar-refractivity contribution is 5.73. The van der Waals surface area contributed by atoms with Crippen LogP contribution in [-0.2, 0) is 6.42 Å². The van der Waals surface area contributed by atoms with Crippen LogP contribution in [0.15, 0.2) is 46.5 Å². The van der Waals surface area contributed by atoms with Crippen molar-refractivity contribution in [3.05, 3.63) is 63.2 Å². The number of fused-ring (bicyclic) bond motifs is 1. The normalized spacial score (nSPS) is 10.7. The van der Waals surface area contributed by atoms with Crippen LogP contribution in [0.5, 0.6) is 0 Å². The molecule has 94 valence electrons. The van der Waals surface area contributed by atoms with Gasteiger partial charge in [-0.25, -0.2) is 4.98 Å². The Morgan fingerprint density at radius 2 is 1.95 bits per heavy atom. The number of benzene rings is 1. The SMILES string of the molecule is O=Nc1ccc(Cc2nc3cc[nH]c(=O)c3[nH]2)cc1. The van der Waals surface area contributed by atoms with Crippen LogP contribution < -0.4 is 5.56 Å². The average Bonchev–Trinajstić information content (AvgIpc) is 2.84. The van der Waals surface area contributed by atoms with Gasteiger partial charge in [-0.05, 0) is 28.9 Å². The lowest BCUT2D eigenvalue weighted by Crippen LogP contribution is -2.04. The molecule has 3 rings (SSSR count). The van der Waals surface area contributed by atoms with E-state index in [2.05, 4.69) is 20.1 Å². The molecule has 6 heteroatoms. The second-order valence-corrected chi connectivity index (χ2v) is 4.19. The van der Waals surface area contributed by atoms with Crippen LogP contribution in [0.2, 0.25) is 0 Å². The molecule has 0 aliphatic heterocycles. The average molecular weight is 254 g/mol. The van der Waals surface area contributed by atoms with Gasteiger partial charge in [0.25, 0.3) is 5.56 Å². The zero-order valence-electron chi connectivity index (χ0n) is 9.88. The molecule has 0 radical (unpaired) electrons. The molecule has 2 heterocycles. The Kier molecular flexibility index (Phi) is 2.68. The highest BCUT2D eigenvalue weighted by atomic mass is 16.3. The third-order valence-corrected chi connectivity index (χ3v) is 2.88. The van der Waals surface area contributed by atoms with Crippen molar-refractivity contribution in [1.82, 2.24) is 15.0 Å². The summed E-state index contributed by atoms with van der Waals surface area (Å²) < 4.78 is 0. The molecule has 2 N–H and O–H groups in total. The fraction of sp³-hybridized carbons (Fsp3) is 0.0769. The van der Waals surface area contributed by atoms with E-state index in [-0.39, 0.29) is 5.56 Å². The van der Waals surface area contributed by atoms with E-state index in [0.29, 0.717) is 29.0 Å². The maximum atomic E-state index is 11.6. The molecule has 3 aromatic rings. The number of aromatic nitrogens is 3. The fourth-order valence-corrected chi connectivity index (χ4v) is 1.95. The fourth-order valence-electron chi connectivity index (χ4n) is 1.95. The Bertz CT molecular complexity index is 786. The van der Waals surface area contributed by atoms with E-state index in [4.69, 9.17) is 0 Å². The van der Waals surface area contributed by atoms with Crippen LogP contribution in [0.4, 0.5) is 5.69 Å². The number of hydrogen-bond donors (Lipinski definition) is 2. The minimum atomic E-state index is -0.184. The van der Waals surface area contributed by atoms with Gasteiger partial charge in [-0.15, -0.1) is 4.91 Å². The van der Waals surface area contributed by atoms with Gasteiger partial charge in [-0.1, -0.05) is 12.1 Å². The standard InChI is InChI=1S/C13H10N4O2/c18-13-12-10(5-6-14-13)15-11(16-12)7-8-1-3-9(17-19)4-2-8/h1-6H,7H2,(H,14,18)(H,15,16). The van der Waals surface area contributed by atoms with Gasteiger partial charge in [0.1, 0.15) is 17.0 Å². The zero-order valence-corrected chi connectivity index (χ0v) is 9.88. The summed E-state index contributed by atoms with van der Waals surface area (Å²) in [5.41, 5.74) is 2.32. The highest BCUT2D eigenvalue weighted by Crippen LogP contribution is 2.15. The summed E-state index contributed by atoms with van der Waals surface area (Å²) in [5, 5.41) is 2.85. The number of pyridine rings is 1. The number of nitroso groups, excluding NO2 is 1. The van der Waals surface area contributed by atoms with Gasteiger partial charge < -0.3 is 9.97 Å². The molecule has 0 fully saturated rings. The highest BCUT2D eigenvalue weighted by Gasteiger charge is 2.06. The Morgan fingerprint density at radius 1 is 1.16 bits per heavy atom. The smallest absolute Gasteiger partial charge is 0.273 e. The summed E-state index contributed by atoms with van der Waals surface area (Å²) in [7, 11) is 0. The maximum absolute atomic E-state index is 11.6. The number of H-pyrrole nitrogens is 2. The lowest BCUT2D eigenvalue weighted by molar-refractivity contribution is 1.04. The molecule has 0 unspecified atom stereocenters. The molecule has 0 amide bonds. The first kappa shape index (κ1) is 11.3. The largest absolute Gasteiger partial charge is 0.337 e. The third-order valence-electron chi connectivity index (χ3n) is 2.88. The molecule has 19 heavy (non-hydrogen) atoms. The van der Waals surface area contributed by atoms with Crippen LogP contribution in [0.3, 0.4) is 0 Å². The third kappa shape index (κ3) is 2.15. The first-order valence-electron chi connectivity index (χ1n) is 5.75. The van der Waals surface area contributed by atoms with E-state index < -0.39 is 0 Å². The second kappa shape index (κ2) is 4.49. The van der Waals surface area contributed by atoms with Gasteiger partial charge in [-0.3, -0.25) is 4.79 Å². The monoisotopic (exact) mass is 254 g/mol. The summed E-state index contributed by atoms with van der Waals surface area (Å²) in [5.74, 6) is 0.707. The molecule has 0 aliphatic carbocycles. The minimum absolute atomic E-state index is 0.184. The molecule has 2 aromatic heterocycles. The number of aromatic amines is 2. The van der Waals surface area contributed by atoms with Crippen LogP contribution in [0.25, 0.3) is 11.0 Å². The molecule has 0 saturated carbocycles. The van der Waals surface area contributed by atoms with Crippen LogP contribution in [-0.4, -0.2) is 15.0 Å². The van der Waals surface area contributed by atoms with Crippen LogP contribution in [0, 0.1) is 4.91 Å². The summed E-state index contributed by atoms with van der Waals surface area (Å²) in [4.78, 5) is 31.8. The van der Waals surface area contributed by atoms with E-state index >= 15 is 0 Å². The molecular formula is C13H10N4O2. The Hall–Kier alpha value is -2.76. The van der Waals surface area contributed by atoms with Crippen LogP contribution >= 0.6 is 0 Å². The van der Waals surface area contributed by atoms with Crippen LogP contribution in [0.1, 0.15) is 11.4 Å². The molecular weight excluding hydrogens is 244 g/mol. The minimum Gasteiger partial charge on any atom is -0.337 e. The van der Waals surface area contributed by atoms with Gasteiger partial charge in [-0.2, -0.15) is 0 Å². The molecule has 0 spiro atoms. The Balaban J connectivity index is 1.94. The summed E-state index contributed by atoms with van der Waals surface area (Å²) in [6.07, 6.45) is 2.13. The quantitative estimate of drug-likeness (QED) is 0.702. The topological polar surface area (TPSA) is 91.0 Å². The number of imidazole rings is 1. The van der Waals surface area contributed by atoms with Crippen molar-refractivity contribution in [2.45, 2.75) is 6.42 Å². The molecule has 0 saturated heterocycles. The van der Waals surface area contributed by atoms with Gasteiger partial charge in [0.05, 0.1) is 5.52 Å². The van der Waals surface area contributed by atoms with Crippen molar-refractivity contribution in [3.8, 4) is 0 Å². The first-order valence-corrected chi connectivity index (χ1v) is 5.75. The van der Waals surface area contributed by atoms with E-state index in [1.165, 1.54) is 0 Å². The van der Waals surface area contributed by atoms with Crippen molar-refractivity contribution in [2.24, 2.45) is 5.18 Å². The molecule has 0 aliphatic rings. The summed E-state index contributed by atoms with van der Waals surface area (Å²) >= 11 is 0. The van der Waals surface area contributed by atoms with E-state index in [1.807, 2.05) is 12.1 Å². The molecule has 1 aromatic carbocycles. The van der Waals surface area contributed by atoms with Crippen molar-refractivity contribution in [1.29, 1.82) is 0 Å². The van der Waals surface area contributed by atoms with E-state index in [1.54, 1.807) is 24.4 Å². The molecule has 0 atom stereocenters. The van der Waals surface area contributed by atoms with Gasteiger partial charge in [0.2, 0.25) is 0 Å². The summed E-state index contributed by atoms with van der Waals surface area (Å²) in [6.45, 7) is 0. The number of hydrogen-bond acceptors (Lipinski definition) is 4. The van der Waals surface area contributed by atoms with Crippen molar-refractivity contribution in [3.63, 3.8) is 0 Å². The van der Waals surface area contributed by atoms with Gasteiger partial charge >= 0.3 is 0 Å². The first-order chi connectivity index (χ1) is 9.26. The van der Waals surface area contributed by atoms with Crippen molar-refractivity contribution < 1.29 is 0 Å². The Labute approximate surface area is 107 Å². The lowest BCUT2D eigenvalue weighted by Gasteiger charge is -1.97. The number of rotatable bonds is 3. The van der Waals surface area contributed by atoms with E-state index in [9.17, 15) is 9.70 Å². The predicted molar refractivity (Wildman–Crippen MR) is 71.4 cm³/mol.